The lowest BCUT2D eigenvalue weighted by atomic mass is 9.94. The highest BCUT2D eigenvalue weighted by molar-refractivity contribution is 5.77. The van der Waals surface area contributed by atoms with Gasteiger partial charge in [0.1, 0.15) is 0 Å². The highest BCUT2D eigenvalue weighted by Gasteiger charge is 2.45. The van der Waals surface area contributed by atoms with Crippen molar-refractivity contribution in [3.05, 3.63) is 95.6 Å². The number of para-hydroxylation sites is 1. The van der Waals surface area contributed by atoms with Crippen LogP contribution in [0.3, 0.4) is 0 Å². The Labute approximate surface area is 162 Å². The van der Waals surface area contributed by atoms with E-state index in [1.807, 2.05) is 0 Å². The van der Waals surface area contributed by atoms with E-state index in [9.17, 15) is 0 Å². The van der Waals surface area contributed by atoms with E-state index in [4.69, 9.17) is 0 Å². The second-order valence-corrected chi connectivity index (χ2v) is 7.92. The first-order valence-electron chi connectivity index (χ1n) is 10.0. The van der Waals surface area contributed by atoms with Crippen molar-refractivity contribution in [1.82, 2.24) is 0 Å². The van der Waals surface area contributed by atoms with Crippen LogP contribution in [-0.2, 0) is 0 Å². The number of rotatable bonds is 3. The molecule has 1 heterocycles. The number of benzene rings is 3. The van der Waals surface area contributed by atoms with E-state index < -0.39 is 0 Å². The molecular formula is C26H25N. The van der Waals surface area contributed by atoms with Gasteiger partial charge in [-0.1, -0.05) is 73.7 Å². The molecule has 134 valence electrons. The number of hydrogen-bond donors (Lipinski definition) is 0. The summed E-state index contributed by atoms with van der Waals surface area (Å²) in [5, 5.41) is 0. The number of anilines is 2. The minimum atomic E-state index is 0.593. The van der Waals surface area contributed by atoms with E-state index in [2.05, 4.69) is 103 Å². The van der Waals surface area contributed by atoms with Gasteiger partial charge in [-0.2, -0.15) is 0 Å². The lowest BCUT2D eigenvalue weighted by Gasteiger charge is -2.30. The fourth-order valence-corrected chi connectivity index (χ4v) is 4.96. The van der Waals surface area contributed by atoms with Crippen LogP contribution in [0.5, 0.6) is 0 Å². The van der Waals surface area contributed by atoms with Gasteiger partial charge in [0.2, 0.25) is 0 Å². The molecule has 3 aromatic carbocycles. The van der Waals surface area contributed by atoms with E-state index >= 15 is 0 Å². The zero-order chi connectivity index (χ0) is 18.2. The van der Waals surface area contributed by atoms with Crippen LogP contribution in [0.15, 0.2) is 78.9 Å². The highest BCUT2D eigenvalue weighted by atomic mass is 15.2. The average molecular weight is 351 g/mol. The van der Waals surface area contributed by atoms with Crippen molar-refractivity contribution in [2.24, 2.45) is 5.92 Å². The van der Waals surface area contributed by atoms with Crippen molar-refractivity contribution >= 4 is 23.5 Å². The maximum absolute atomic E-state index is 2.60. The van der Waals surface area contributed by atoms with Gasteiger partial charge in [0.05, 0.1) is 0 Å². The molecule has 0 bridgehead atoms. The highest BCUT2D eigenvalue weighted by Crippen LogP contribution is 2.54. The topological polar surface area (TPSA) is 3.24 Å². The largest absolute Gasteiger partial charge is 0.337 e. The second-order valence-electron chi connectivity index (χ2n) is 7.92. The molecule has 0 N–H and O–H groups in total. The Kier molecular flexibility index (Phi) is 4.09. The first-order valence-corrected chi connectivity index (χ1v) is 10.0. The molecule has 1 fully saturated rings. The maximum Gasteiger partial charge on any atom is 0.0450 e. The van der Waals surface area contributed by atoms with Gasteiger partial charge in [0.15, 0.2) is 0 Å². The van der Waals surface area contributed by atoms with Crippen LogP contribution in [0.25, 0.3) is 12.2 Å². The lowest BCUT2D eigenvalue weighted by Crippen LogP contribution is -2.31. The molecule has 1 aliphatic carbocycles. The van der Waals surface area contributed by atoms with Crippen LogP contribution in [-0.4, -0.2) is 6.04 Å². The first-order chi connectivity index (χ1) is 13.3. The second kappa shape index (κ2) is 6.74. The predicted molar refractivity (Wildman–Crippen MR) is 115 cm³/mol. The van der Waals surface area contributed by atoms with Gasteiger partial charge in [-0.15, -0.1) is 0 Å². The van der Waals surface area contributed by atoms with Gasteiger partial charge in [-0.05, 0) is 59.7 Å². The molecule has 1 aliphatic heterocycles. The van der Waals surface area contributed by atoms with E-state index in [1.54, 1.807) is 0 Å². The normalized spacial score (nSPS) is 23.6. The summed E-state index contributed by atoms with van der Waals surface area (Å²) in [6.45, 7) is 2.42. The summed E-state index contributed by atoms with van der Waals surface area (Å²) in [4.78, 5) is 2.60. The van der Waals surface area contributed by atoms with E-state index in [0.29, 0.717) is 12.0 Å². The molecule has 2 aliphatic rings. The Morgan fingerprint density at radius 3 is 2.26 bits per heavy atom. The van der Waals surface area contributed by atoms with E-state index in [1.165, 1.54) is 40.9 Å². The van der Waals surface area contributed by atoms with Gasteiger partial charge in [-0.25, -0.2) is 0 Å². The van der Waals surface area contributed by atoms with Crippen LogP contribution in [0, 0.1) is 5.92 Å². The van der Waals surface area contributed by atoms with E-state index in [-0.39, 0.29) is 0 Å². The molecule has 0 saturated heterocycles. The monoisotopic (exact) mass is 351 g/mol. The molecule has 0 spiro atoms. The number of hydrogen-bond acceptors (Lipinski definition) is 1. The number of fused-ring (bicyclic) bond motifs is 3. The van der Waals surface area contributed by atoms with Crippen molar-refractivity contribution in [2.75, 3.05) is 4.90 Å². The average Bonchev–Trinajstić information content (AvgIpc) is 3.25. The van der Waals surface area contributed by atoms with Crippen molar-refractivity contribution in [2.45, 2.75) is 31.7 Å². The standard InChI is InChI=1S/C26H25N/c1-19-12-16-23-24-18-21(14-13-20-8-4-2-5-9-20)15-17-25(24)27(26(19)23)22-10-6-3-7-11-22/h2-11,13-15,17-19,23,26H,12,16H2,1H3. The zero-order valence-corrected chi connectivity index (χ0v) is 15.8. The smallest absolute Gasteiger partial charge is 0.0450 e. The third kappa shape index (κ3) is 2.88. The first kappa shape index (κ1) is 16.4. The van der Waals surface area contributed by atoms with Gasteiger partial charge in [0.25, 0.3) is 0 Å². The van der Waals surface area contributed by atoms with E-state index in [0.717, 1.165) is 5.92 Å². The van der Waals surface area contributed by atoms with Crippen molar-refractivity contribution < 1.29 is 0 Å². The Morgan fingerprint density at radius 1 is 0.778 bits per heavy atom. The lowest BCUT2D eigenvalue weighted by molar-refractivity contribution is 0.511. The van der Waals surface area contributed by atoms with Crippen LogP contribution >= 0.6 is 0 Å². The van der Waals surface area contributed by atoms with Gasteiger partial charge >= 0.3 is 0 Å². The fourth-order valence-electron chi connectivity index (χ4n) is 4.96. The maximum atomic E-state index is 2.60. The van der Waals surface area contributed by atoms with Crippen molar-refractivity contribution in [1.29, 1.82) is 0 Å². The summed E-state index contributed by atoms with van der Waals surface area (Å²) in [5.74, 6) is 1.38. The molecule has 0 radical (unpaired) electrons. The number of nitrogens with zero attached hydrogens (tertiary/aromatic N) is 1. The molecule has 3 aromatic rings. The van der Waals surface area contributed by atoms with Crippen LogP contribution in [0.4, 0.5) is 11.4 Å². The Morgan fingerprint density at radius 2 is 1.48 bits per heavy atom. The molecule has 0 aromatic heterocycles. The quantitative estimate of drug-likeness (QED) is 0.464. The van der Waals surface area contributed by atoms with Gasteiger partial charge in [-0.3, -0.25) is 0 Å². The molecule has 27 heavy (non-hydrogen) atoms. The van der Waals surface area contributed by atoms with Crippen LogP contribution in [0.1, 0.15) is 42.4 Å². The molecule has 1 heteroatoms. The third-order valence-corrected chi connectivity index (χ3v) is 6.24. The summed E-state index contributed by atoms with van der Waals surface area (Å²) < 4.78 is 0. The summed E-state index contributed by atoms with van der Waals surface area (Å²) in [6.07, 6.45) is 7.07. The Bertz CT molecular complexity index is 958. The minimum absolute atomic E-state index is 0.593. The van der Waals surface area contributed by atoms with Crippen molar-refractivity contribution in [3.63, 3.8) is 0 Å². The summed E-state index contributed by atoms with van der Waals surface area (Å²) in [7, 11) is 0. The van der Waals surface area contributed by atoms with Crippen LogP contribution < -0.4 is 4.90 Å². The molecule has 3 atom stereocenters. The Hall–Kier alpha value is -2.80. The molecule has 1 saturated carbocycles. The predicted octanol–water partition coefficient (Wildman–Crippen LogP) is 6.89. The van der Waals surface area contributed by atoms with Gasteiger partial charge in [0, 0.05) is 23.3 Å². The molecule has 3 unspecified atom stereocenters. The third-order valence-electron chi connectivity index (χ3n) is 6.24. The van der Waals surface area contributed by atoms with Gasteiger partial charge < -0.3 is 4.90 Å². The summed E-state index contributed by atoms with van der Waals surface area (Å²) >= 11 is 0. The minimum Gasteiger partial charge on any atom is -0.337 e. The molecule has 5 rings (SSSR count). The Balaban J connectivity index is 1.54. The zero-order valence-electron chi connectivity index (χ0n) is 15.8. The van der Waals surface area contributed by atoms with Crippen LogP contribution in [0.2, 0.25) is 0 Å². The SMILES string of the molecule is CC1CCC2c3cc(C=Cc4ccccc4)ccc3N(c3ccccc3)C12. The fraction of sp³-hybridized carbons (Fsp3) is 0.231. The molecule has 1 nitrogen and oxygen atoms in total. The molecule has 0 amide bonds. The molecular weight excluding hydrogens is 326 g/mol. The summed E-state index contributed by atoms with van der Waals surface area (Å²) in [5.41, 5.74) is 6.80. The summed E-state index contributed by atoms with van der Waals surface area (Å²) in [6, 6.07) is 29.1. The van der Waals surface area contributed by atoms with Crippen molar-refractivity contribution in [3.8, 4) is 0 Å².